The smallest absolute Gasteiger partial charge is 0.143 e. The zero-order chi connectivity index (χ0) is 17.4. The maximum Gasteiger partial charge on any atom is 0.143 e. The molecule has 0 aliphatic carbocycles. The molecule has 4 rings (SSSR count). The lowest BCUT2D eigenvalue weighted by Crippen LogP contribution is -1.96. The van der Waals surface area contributed by atoms with Crippen molar-refractivity contribution >= 4 is 26.7 Å². The van der Waals surface area contributed by atoms with Crippen LogP contribution in [0.1, 0.15) is 5.69 Å². The summed E-state index contributed by atoms with van der Waals surface area (Å²) < 4.78 is 8.65. The van der Waals surface area contributed by atoms with Crippen LogP contribution in [0, 0.1) is 6.92 Å². The highest BCUT2D eigenvalue weighted by Crippen LogP contribution is 2.34. The molecule has 2 aromatic carbocycles. The molecule has 0 N–H and O–H groups in total. The van der Waals surface area contributed by atoms with Crippen molar-refractivity contribution in [3.8, 4) is 22.7 Å². The minimum Gasteiger partial charge on any atom is -0.495 e. The molecular weight excluding hydrogens is 378 g/mol. The molecule has 0 atom stereocenters. The lowest BCUT2D eigenvalue weighted by atomic mass is 10.0. The zero-order valence-corrected chi connectivity index (χ0v) is 15.5. The Morgan fingerprint density at radius 3 is 2.68 bits per heavy atom. The van der Waals surface area contributed by atoms with E-state index in [0.717, 1.165) is 43.6 Å². The minimum atomic E-state index is 0.781. The molecule has 0 fully saturated rings. The summed E-state index contributed by atoms with van der Waals surface area (Å²) in [5.74, 6) is 0.781. The third-order valence-electron chi connectivity index (χ3n) is 4.20. The first-order chi connectivity index (χ1) is 12.2. The average Bonchev–Trinajstić information content (AvgIpc) is 3.07. The van der Waals surface area contributed by atoms with Gasteiger partial charge in [-0.25, -0.2) is 4.98 Å². The van der Waals surface area contributed by atoms with Crippen molar-refractivity contribution in [2.75, 3.05) is 7.11 Å². The number of ether oxygens (including phenoxy) is 1. The van der Waals surface area contributed by atoms with E-state index in [-0.39, 0.29) is 0 Å². The van der Waals surface area contributed by atoms with Gasteiger partial charge in [-0.1, -0.05) is 34.1 Å². The second kappa shape index (κ2) is 6.33. The molecule has 0 spiro atoms. The predicted octanol–water partition coefficient (Wildman–Crippen LogP) is 5.17. The fourth-order valence-electron chi connectivity index (χ4n) is 2.99. The Morgan fingerprint density at radius 1 is 1.04 bits per heavy atom. The van der Waals surface area contributed by atoms with Gasteiger partial charge in [0, 0.05) is 27.8 Å². The van der Waals surface area contributed by atoms with Crippen LogP contribution in [0.4, 0.5) is 0 Å². The first-order valence-electron chi connectivity index (χ1n) is 7.90. The first kappa shape index (κ1) is 15.8. The lowest BCUT2D eigenvalue weighted by Gasteiger charge is -2.12. The monoisotopic (exact) mass is 393 g/mol. The largest absolute Gasteiger partial charge is 0.495 e. The summed E-state index contributed by atoms with van der Waals surface area (Å²) in [6.45, 7) is 1.97. The highest BCUT2D eigenvalue weighted by atomic mass is 79.9. The highest BCUT2D eigenvalue weighted by Gasteiger charge is 2.12. The highest BCUT2D eigenvalue weighted by molar-refractivity contribution is 9.10. The number of halogens is 1. The van der Waals surface area contributed by atoms with Crippen molar-refractivity contribution in [1.82, 2.24) is 14.5 Å². The Morgan fingerprint density at radius 2 is 1.92 bits per heavy atom. The fourth-order valence-corrected chi connectivity index (χ4v) is 3.49. The van der Waals surface area contributed by atoms with Crippen molar-refractivity contribution in [2.24, 2.45) is 0 Å². The first-order valence-corrected chi connectivity index (χ1v) is 8.69. The number of rotatable bonds is 3. The number of hydrogen-bond donors (Lipinski definition) is 0. The van der Waals surface area contributed by atoms with Crippen LogP contribution in [0.3, 0.4) is 0 Å². The molecule has 2 heterocycles. The molecule has 0 amide bonds. The summed E-state index contributed by atoms with van der Waals surface area (Å²) in [6, 6.07) is 14.3. The number of aryl methyl sites for hydroxylation is 1. The molecule has 0 saturated carbocycles. The maximum absolute atomic E-state index is 5.62. The topological polar surface area (TPSA) is 39.9 Å². The fraction of sp³-hybridized carbons (Fsp3) is 0.100. The molecule has 0 saturated heterocycles. The van der Waals surface area contributed by atoms with Crippen LogP contribution in [0.15, 0.2) is 65.7 Å². The van der Waals surface area contributed by atoms with Crippen molar-refractivity contribution < 1.29 is 4.74 Å². The lowest BCUT2D eigenvalue weighted by molar-refractivity contribution is 0.413. The molecule has 0 aliphatic rings. The summed E-state index contributed by atoms with van der Waals surface area (Å²) in [6.07, 6.45) is 5.60. The second-order valence-electron chi connectivity index (χ2n) is 5.80. The van der Waals surface area contributed by atoms with Gasteiger partial charge in [-0.2, -0.15) is 0 Å². The summed E-state index contributed by atoms with van der Waals surface area (Å²) in [5, 5.41) is 2.24. The van der Waals surface area contributed by atoms with Crippen molar-refractivity contribution in [2.45, 2.75) is 6.92 Å². The standard InChI is InChI=1S/C20H16BrN3O/c1-13-11-24(12-23-13)18-7-6-14(10-19(18)25-2)20-16-4-3-5-17(21)15(16)8-9-22-20/h3-12H,1-2H3. The molecule has 25 heavy (non-hydrogen) atoms. The van der Waals surface area contributed by atoms with E-state index in [1.165, 1.54) is 0 Å². The van der Waals surface area contributed by atoms with Gasteiger partial charge >= 0.3 is 0 Å². The van der Waals surface area contributed by atoms with Gasteiger partial charge in [0.05, 0.1) is 30.5 Å². The van der Waals surface area contributed by atoms with Crippen LogP contribution in [-0.2, 0) is 0 Å². The number of imidazole rings is 1. The van der Waals surface area contributed by atoms with Crippen molar-refractivity contribution in [3.63, 3.8) is 0 Å². The Hall–Kier alpha value is -2.66. The van der Waals surface area contributed by atoms with Gasteiger partial charge in [0.1, 0.15) is 5.75 Å². The third-order valence-corrected chi connectivity index (χ3v) is 4.89. The van der Waals surface area contributed by atoms with Crippen molar-refractivity contribution in [3.05, 3.63) is 71.4 Å². The van der Waals surface area contributed by atoms with Gasteiger partial charge in [-0.3, -0.25) is 4.98 Å². The summed E-state index contributed by atoms with van der Waals surface area (Å²) in [5.41, 5.74) is 3.87. The van der Waals surface area contributed by atoms with Crippen LogP contribution in [-0.4, -0.2) is 21.6 Å². The molecule has 4 aromatic rings. The Balaban J connectivity index is 1.89. The average molecular weight is 394 g/mol. The van der Waals surface area contributed by atoms with Gasteiger partial charge < -0.3 is 9.30 Å². The predicted molar refractivity (Wildman–Crippen MR) is 103 cm³/mol. The number of methoxy groups -OCH3 is 1. The molecule has 124 valence electrons. The number of nitrogens with zero attached hydrogens (tertiary/aromatic N) is 3. The van der Waals surface area contributed by atoms with E-state index >= 15 is 0 Å². The van der Waals surface area contributed by atoms with E-state index in [9.17, 15) is 0 Å². The number of pyridine rings is 1. The van der Waals surface area contributed by atoms with E-state index in [1.807, 2.05) is 54.2 Å². The quantitative estimate of drug-likeness (QED) is 0.482. The van der Waals surface area contributed by atoms with E-state index in [1.54, 1.807) is 13.4 Å². The Bertz CT molecular complexity index is 1070. The number of hydrogen-bond acceptors (Lipinski definition) is 3. The van der Waals surface area contributed by atoms with Crippen LogP contribution >= 0.6 is 15.9 Å². The minimum absolute atomic E-state index is 0.781. The van der Waals surface area contributed by atoms with Crippen LogP contribution < -0.4 is 4.74 Å². The summed E-state index contributed by atoms with van der Waals surface area (Å²) >= 11 is 3.61. The molecule has 2 aromatic heterocycles. The van der Waals surface area contributed by atoms with Crippen LogP contribution in [0.25, 0.3) is 27.7 Å². The molecule has 0 radical (unpaired) electrons. The van der Waals surface area contributed by atoms with Gasteiger partial charge in [0.15, 0.2) is 0 Å². The normalized spacial score (nSPS) is 11.0. The van der Waals surface area contributed by atoms with Gasteiger partial charge in [0.2, 0.25) is 0 Å². The Kier molecular flexibility index (Phi) is 4.01. The van der Waals surface area contributed by atoms with E-state index < -0.39 is 0 Å². The number of aromatic nitrogens is 3. The summed E-state index contributed by atoms with van der Waals surface area (Å²) in [4.78, 5) is 8.89. The van der Waals surface area contributed by atoms with Gasteiger partial charge in [-0.15, -0.1) is 0 Å². The van der Waals surface area contributed by atoms with Crippen LogP contribution in [0.5, 0.6) is 5.75 Å². The second-order valence-corrected chi connectivity index (χ2v) is 6.66. The Labute approximate surface area is 154 Å². The molecular formula is C20H16BrN3O. The van der Waals surface area contributed by atoms with Gasteiger partial charge in [-0.05, 0) is 36.6 Å². The molecule has 0 unspecified atom stereocenters. The number of benzene rings is 2. The number of fused-ring (bicyclic) bond motifs is 1. The molecule has 5 heteroatoms. The molecule has 0 aliphatic heterocycles. The van der Waals surface area contributed by atoms with Crippen LogP contribution in [0.2, 0.25) is 0 Å². The zero-order valence-electron chi connectivity index (χ0n) is 13.9. The summed E-state index contributed by atoms with van der Waals surface area (Å²) in [7, 11) is 1.68. The molecule has 0 bridgehead atoms. The van der Waals surface area contributed by atoms with Crippen molar-refractivity contribution in [1.29, 1.82) is 0 Å². The SMILES string of the molecule is COc1cc(-c2nccc3c(Br)cccc23)ccc1-n1cnc(C)c1. The maximum atomic E-state index is 5.62. The van der Waals surface area contributed by atoms with E-state index in [2.05, 4.69) is 38.0 Å². The molecule has 4 nitrogen and oxygen atoms in total. The third kappa shape index (κ3) is 2.81. The van der Waals surface area contributed by atoms with E-state index in [4.69, 9.17) is 4.74 Å². The van der Waals surface area contributed by atoms with E-state index in [0.29, 0.717) is 0 Å². The van der Waals surface area contributed by atoms with Gasteiger partial charge in [0.25, 0.3) is 0 Å².